The second kappa shape index (κ2) is 58.9. The van der Waals surface area contributed by atoms with Crippen molar-refractivity contribution in [2.45, 2.75) is 284 Å². The minimum absolute atomic E-state index is 0.112. The van der Waals surface area contributed by atoms with Crippen LogP contribution in [0.5, 0.6) is 0 Å². The van der Waals surface area contributed by atoms with Crippen molar-refractivity contribution in [1.82, 2.24) is 0 Å². The van der Waals surface area contributed by atoms with Crippen molar-refractivity contribution in [2.24, 2.45) is 0 Å². The Labute approximate surface area is 438 Å². The lowest BCUT2D eigenvalue weighted by Gasteiger charge is -2.18. The first kappa shape index (κ1) is 67.3. The summed E-state index contributed by atoms with van der Waals surface area (Å²) in [4.78, 5) is 38.2. The highest BCUT2D eigenvalue weighted by Gasteiger charge is 2.19. The predicted octanol–water partition coefficient (Wildman–Crippen LogP) is 20.1. The summed E-state index contributed by atoms with van der Waals surface area (Å²) >= 11 is 0. The van der Waals surface area contributed by atoms with Crippen LogP contribution in [0.1, 0.15) is 278 Å². The van der Waals surface area contributed by atoms with Gasteiger partial charge in [-0.3, -0.25) is 14.4 Å². The van der Waals surface area contributed by atoms with Crippen LogP contribution in [0.4, 0.5) is 0 Å². The predicted molar refractivity (Wildman–Crippen MR) is 307 cm³/mol. The summed E-state index contributed by atoms with van der Waals surface area (Å²) in [6, 6.07) is 0. The third-order valence-corrected chi connectivity index (χ3v) is 12.5. The molecule has 0 saturated carbocycles. The van der Waals surface area contributed by atoms with E-state index >= 15 is 0 Å². The Balaban J connectivity index is 4.52. The molecule has 0 bridgehead atoms. The second-order valence-corrected chi connectivity index (χ2v) is 19.5. The van der Waals surface area contributed by atoms with Gasteiger partial charge in [-0.05, 0) is 116 Å². The zero-order valence-electron chi connectivity index (χ0n) is 46.5. The van der Waals surface area contributed by atoms with Gasteiger partial charge in [0.15, 0.2) is 6.10 Å². The largest absolute Gasteiger partial charge is 0.462 e. The molecule has 0 heterocycles. The third kappa shape index (κ3) is 57.1. The molecule has 0 saturated heterocycles. The molecule has 0 amide bonds. The van der Waals surface area contributed by atoms with Crippen LogP contribution in [0.25, 0.3) is 0 Å². The summed E-state index contributed by atoms with van der Waals surface area (Å²) in [5, 5.41) is 0. The van der Waals surface area contributed by atoms with Crippen LogP contribution in [-0.2, 0) is 28.6 Å². The fourth-order valence-electron chi connectivity index (χ4n) is 8.04. The van der Waals surface area contributed by atoms with Gasteiger partial charge in [-0.25, -0.2) is 0 Å². The van der Waals surface area contributed by atoms with Gasteiger partial charge in [0.2, 0.25) is 0 Å². The molecule has 0 aliphatic carbocycles. The average Bonchev–Trinajstić information content (AvgIpc) is 3.37. The first-order chi connectivity index (χ1) is 35.0. The van der Waals surface area contributed by atoms with E-state index in [2.05, 4.69) is 112 Å². The van der Waals surface area contributed by atoms with Crippen LogP contribution >= 0.6 is 0 Å². The molecule has 0 aromatic carbocycles. The maximum Gasteiger partial charge on any atom is 0.306 e. The molecular weight excluding hydrogens is 877 g/mol. The number of allylic oxidation sites excluding steroid dienone is 16. The minimum Gasteiger partial charge on any atom is -0.462 e. The van der Waals surface area contributed by atoms with Gasteiger partial charge in [0, 0.05) is 19.3 Å². The molecule has 0 rings (SSSR count). The fraction of sp³-hybridized carbons (Fsp3) is 0.708. The van der Waals surface area contributed by atoms with E-state index in [9.17, 15) is 14.4 Å². The molecule has 0 aromatic rings. The van der Waals surface area contributed by atoms with Gasteiger partial charge >= 0.3 is 17.9 Å². The van der Waals surface area contributed by atoms with E-state index in [0.717, 1.165) is 77.0 Å². The quantitative estimate of drug-likeness (QED) is 0.0261. The number of rotatable bonds is 53. The molecule has 71 heavy (non-hydrogen) atoms. The van der Waals surface area contributed by atoms with Crippen molar-refractivity contribution < 1.29 is 28.6 Å². The number of ether oxygens (including phenoxy) is 3. The van der Waals surface area contributed by atoms with Crippen LogP contribution in [-0.4, -0.2) is 37.2 Å². The minimum atomic E-state index is -0.824. The lowest BCUT2D eigenvalue weighted by Crippen LogP contribution is -2.30. The first-order valence-electron chi connectivity index (χ1n) is 29.7. The van der Waals surface area contributed by atoms with E-state index in [1.165, 1.54) is 154 Å². The van der Waals surface area contributed by atoms with E-state index in [0.29, 0.717) is 19.3 Å². The zero-order valence-corrected chi connectivity index (χ0v) is 46.5. The maximum absolute atomic E-state index is 12.8. The van der Waals surface area contributed by atoms with Gasteiger partial charge in [-0.15, -0.1) is 0 Å². The van der Waals surface area contributed by atoms with Crippen LogP contribution in [0, 0.1) is 0 Å². The molecule has 6 nitrogen and oxygen atoms in total. The second-order valence-electron chi connectivity index (χ2n) is 19.5. The van der Waals surface area contributed by atoms with E-state index in [1.807, 2.05) is 6.08 Å². The Hall–Kier alpha value is -3.67. The molecule has 0 aliphatic heterocycles. The summed E-state index contributed by atoms with van der Waals surface area (Å²) < 4.78 is 16.8. The average molecular weight is 988 g/mol. The zero-order chi connectivity index (χ0) is 51.4. The van der Waals surface area contributed by atoms with Crippen molar-refractivity contribution in [3.8, 4) is 0 Å². The highest BCUT2D eigenvalue weighted by molar-refractivity contribution is 5.71. The maximum atomic E-state index is 12.8. The third-order valence-electron chi connectivity index (χ3n) is 12.5. The molecule has 0 radical (unpaired) electrons. The van der Waals surface area contributed by atoms with Gasteiger partial charge in [0.05, 0.1) is 0 Å². The molecule has 0 fully saturated rings. The molecular formula is C65H110O6. The van der Waals surface area contributed by atoms with Crippen LogP contribution in [0.15, 0.2) is 97.2 Å². The highest BCUT2D eigenvalue weighted by atomic mass is 16.6. The van der Waals surface area contributed by atoms with E-state index in [-0.39, 0.29) is 31.6 Å². The van der Waals surface area contributed by atoms with E-state index in [1.54, 1.807) is 0 Å². The normalized spacial score (nSPS) is 12.8. The van der Waals surface area contributed by atoms with Gasteiger partial charge in [0.1, 0.15) is 13.2 Å². The Kier molecular flexibility index (Phi) is 55.9. The van der Waals surface area contributed by atoms with Crippen molar-refractivity contribution in [2.75, 3.05) is 13.2 Å². The molecule has 0 N–H and O–H groups in total. The monoisotopic (exact) mass is 987 g/mol. The topological polar surface area (TPSA) is 78.9 Å². The number of carbonyl (C=O) groups excluding carboxylic acids is 3. The van der Waals surface area contributed by atoms with Gasteiger partial charge in [-0.2, -0.15) is 0 Å². The summed E-state index contributed by atoms with van der Waals surface area (Å²) in [5.74, 6) is -1.00. The fourth-order valence-corrected chi connectivity index (χ4v) is 8.04. The van der Waals surface area contributed by atoms with Crippen molar-refractivity contribution in [3.63, 3.8) is 0 Å². The van der Waals surface area contributed by atoms with Gasteiger partial charge in [-0.1, -0.05) is 240 Å². The van der Waals surface area contributed by atoms with E-state index < -0.39 is 12.1 Å². The van der Waals surface area contributed by atoms with Gasteiger partial charge in [0.25, 0.3) is 0 Å². The lowest BCUT2D eigenvalue weighted by atomic mass is 10.1. The Morgan fingerprint density at radius 2 is 0.535 bits per heavy atom. The van der Waals surface area contributed by atoms with Crippen molar-refractivity contribution >= 4 is 17.9 Å². The molecule has 0 aliphatic rings. The number of carbonyl (C=O) groups is 3. The summed E-state index contributed by atoms with van der Waals surface area (Å²) in [5.41, 5.74) is 0. The molecule has 0 unspecified atom stereocenters. The Bertz CT molecular complexity index is 1410. The smallest absolute Gasteiger partial charge is 0.306 e. The molecule has 406 valence electrons. The van der Waals surface area contributed by atoms with Crippen molar-refractivity contribution in [3.05, 3.63) is 97.2 Å². The SMILES string of the molecule is CCCCC/C=C\C/C=C\C/C=C\C/C=C\C/C=C\CCC(=O)O[C@H](COC(=O)CCCCCCCCC/C=C\C/C=C\CCCCC)COC(=O)CCCCCCCCC/C=C\CCCCCCCC. The summed E-state index contributed by atoms with van der Waals surface area (Å²) in [6.45, 7) is 6.52. The van der Waals surface area contributed by atoms with Crippen LogP contribution < -0.4 is 0 Å². The molecule has 0 aromatic heterocycles. The molecule has 1 atom stereocenters. The van der Waals surface area contributed by atoms with Crippen LogP contribution in [0.2, 0.25) is 0 Å². The number of hydrogen-bond acceptors (Lipinski definition) is 6. The first-order valence-corrected chi connectivity index (χ1v) is 29.7. The van der Waals surface area contributed by atoms with Crippen LogP contribution in [0.3, 0.4) is 0 Å². The van der Waals surface area contributed by atoms with E-state index in [4.69, 9.17) is 14.2 Å². The Morgan fingerprint density at radius 1 is 0.282 bits per heavy atom. The number of hydrogen-bond donors (Lipinski definition) is 0. The lowest BCUT2D eigenvalue weighted by molar-refractivity contribution is -0.166. The molecule has 0 spiro atoms. The summed E-state index contributed by atoms with van der Waals surface area (Å²) in [6.07, 6.45) is 78.3. The van der Waals surface area contributed by atoms with Gasteiger partial charge < -0.3 is 14.2 Å². The summed E-state index contributed by atoms with van der Waals surface area (Å²) in [7, 11) is 0. The standard InChI is InChI=1S/C65H110O6/c1-4-7-10-13-16-19-22-25-28-31-32-35-38-41-44-47-50-53-56-59-65(68)71-62(60-69-63(66)57-54-51-48-45-42-39-36-33-29-26-23-20-17-14-11-8-5-2)61-70-64(67)58-55-52-49-46-43-40-37-34-30-27-24-21-18-15-12-9-6-3/h16-17,19-20,25-30,32,35,41,44,50,53,62H,4-15,18,21-24,31,33-34,36-40,42-43,45-49,51-52,54-61H2,1-3H3/b19-16-,20-17-,28-25-,29-26-,30-27-,35-32-,44-41-,53-50-/t62-/m1/s1. The Morgan fingerprint density at radius 3 is 0.887 bits per heavy atom. The molecule has 6 heteroatoms. The number of esters is 3. The van der Waals surface area contributed by atoms with Crippen molar-refractivity contribution in [1.29, 1.82) is 0 Å². The highest BCUT2D eigenvalue weighted by Crippen LogP contribution is 2.14. The number of unbranched alkanes of at least 4 members (excludes halogenated alkanes) is 26.